The zero-order valence-electron chi connectivity index (χ0n) is 8.24. The Balaban J connectivity index is 2.51. The number of carbonyl (C=O) groups excluding carboxylic acids is 1. The van der Waals surface area contributed by atoms with E-state index in [0.717, 1.165) is 17.7 Å². The summed E-state index contributed by atoms with van der Waals surface area (Å²) in [6.45, 7) is 0. The van der Waals surface area contributed by atoms with Crippen LogP contribution in [0.3, 0.4) is 0 Å². The average molecular weight is 227 g/mol. The van der Waals surface area contributed by atoms with Crippen LogP contribution in [0.15, 0.2) is 29.4 Å². The van der Waals surface area contributed by atoms with E-state index in [4.69, 9.17) is 16.3 Å². The van der Waals surface area contributed by atoms with E-state index in [1.54, 1.807) is 31.4 Å². The minimum absolute atomic E-state index is 0.0617. The molecule has 0 aliphatic carbocycles. The lowest BCUT2D eigenvalue weighted by Crippen LogP contribution is -2.02. The largest absolute Gasteiger partial charge is 0.497 e. The highest BCUT2D eigenvalue weighted by Gasteiger charge is 1.93. The highest BCUT2D eigenvalue weighted by atomic mass is 35.5. The molecule has 0 aliphatic heterocycles. The number of nitrogens with zero attached hydrogens (tertiary/aromatic N) is 1. The van der Waals surface area contributed by atoms with Gasteiger partial charge in [0.1, 0.15) is 5.75 Å². The van der Waals surface area contributed by atoms with Crippen LogP contribution in [0.1, 0.15) is 0 Å². The van der Waals surface area contributed by atoms with Gasteiger partial charge in [-0.2, -0.15) is 5.10 Å². The van der Waals surface area contributed by atoms with E-state index in [0.29, 0.717) is 0 Å². The lowest BCUT2D eigenvalue weighted by molar-refractivity contribution is -0.110. The zero-order valence-corrected chi connectivity index (χ0v) is 8.99. The predicted octanol–water partition coefficient (Wildman–Crippen LogP) is 1.90. The third kappa shape index (κ3) is 3.99. The van der Waals surface area contributed by atoms with Gasteiger partial charge in [-0.1, -0.05) is 0 Å². The molecule has 5 heteroatoms. The van der Waals surface area contributed by atoms with E-state index in [1.807, 2.05) is 0 Å². The fraction of sp³-hybridized carbons (Fsp3) is 0.200. The summed E-state index contributed by atoms with van der Waals surface area (Å²) in [6, 6.07) is 7.17. The number of halogens is 1. The fourth-order valence-corrected chi connectivity index (χ4v) is 0.948. The van der Waals surface area contributed by atoms with Crippen LogP contribution < -0.4 is 10.2 Å². The van der Waals surface area contributed by atoms with Crippen molar-refractivity contribution in [3.63, 3.8) is 0 Å². The van der Waals surface area contributed by atoms with Gasteiger partial charge in [0, 0.05) is 0 Å². The number of alkyl halides is 1. The summed E-state index contributed by atoms with van der Waals surface area (Å²) in [4.78, 5) is 10.8. The van der Waals surface area contributed by atoms with Gasteiger partial charge >= 0.3 is 0 Å². The number of ether oxygens (including phenoxy) is 1. The Morgan fingerprint density at radius 1 is 1.53 bits per heavy atom. The zero-order chi connectivity index (χ0) is 11.1. The molecule has 0 aliphatic rings. The molecular formula is C10H11ClN2O2. The Labute approximate surface area is 92.9 Å². The molecule has 0 amide bonds. The third-order valence-electron chi connectivity index (χ3n) is 1.62. The van der Waals surface area contributed by atoms with Gasteiger partial charge in [0.05, 0.1) is 24.9 Å². The van der Waals surface area contributed by atoms with Crippen LogP contribution in [0, 0.1) is 0 Å². The average Bonchev–Trinajstić information content (AvgIpc) is 2.29. The van der Waals surface area contributed by atoms with E-state index >= 15 is 0 Å². The van der Waals surface area contributed by atoms with Gasteiger partial charge < -0.3 is 4.74 Å². The van der Waals surface area contributed by atoms with Crippen LogP contribution in [0.25, 0.3) is 0 Å². The Hall–Kier alpha value is -1.55. The normalized spacial score (nSPS) is 10.3. The number of rotatable bonds is 5. The van der Waals surface area contributed by atoms with Gasteiger partial charge in [-0.25, -0.2) is 0 Å². The van der Waals surface area contributed by atoms with E-state index in [2.05, 4.69) is 10.5 Å². The number of hydrazone groups is 1. The number of carbonyl (C=O) groups is 1. The second-order valence-electron chi connectivity index (χ2n) is 2.70. The third-order valence-corrected chi connectivity index (χ3v) is 1.89. The smallest absolute Gasteiger partial charge is 0.190 e. The summed E-state index contributed by atoms with van der Waals surface area (Å²) in [5.41, 5.74) is 3.47. The van der Waals surface area contributed by atoms with Gasteiger partial charge in [-0.15, -0.1) is 11.6 Å². The number of anilines is 1. The molecule has 1 aromatic rings. The topological polar surface area (TPSA) is 50.7 Å². The summed E-state index contributed by atoms with van der Waals surface area (Å²) >= 11 is 5.29. The van der Waals surface area contributed by atoms with Crippen LogP contribution >= 0.6 is 11.6 Å². The number of benzene rings is 1. The first kappa shape index (κ1) is 11.5. The summed E-state index contributed by atoms with van der Waals surface area (Å²) in [5, 5.41) is 3.72. The van der Waals surface area contributed by atoms with E-state index in [-0.39, 0.29) is 11.7 Å². The molecule has 0 atom stereocenters. The molecule has 0 bridgehead atoms. The first-order valence-electron chi connectivity index (χ1n) is 4.28. The van der Waals surface area contributed by atoms with Crippen molar-refractivity contribution in [3.05, 3.63) is 24.3 Å². The van der Waals surface area contributed by atoms with E-state index < -0.39 is 0 Å². The lowest BCUT2D eigenvalue weighted by Gasteiger charge is -2.01. The Morgan fingerprint density at radius 2 is 2.20 bits per heavy atom. The molecular weight excluding hydrogens is 216 g/mol. The number of ketones is 1. The molecule has 1 rings (SSSR count). The predicted molar refractivity (Wildman–Crippen MR) is 60.8 cm³/mol. The van der Waals surface area contributed by atoms with Crippen molar-refractivity contribution in [2.24, 2.45) is 5.10 Å². The van der Waals surface area contributed by atoms with Crippen molar-refractivity contribution in [1.82, 2.24) is 0 Å². The maximum Gasteiger partial charge on any atom is 0.190 e. The van der Waals surface area contributed by atoms with Gasteiger partial charge in [0.25, 0.3) is 0 Å². The standard InChI is InChI=1S/C10H11ClN2O2/c1-15-10-4-2-8(3-5-10)13-12-7-9(14)6-11/h2-5,7,13H,6H2,1H3. The summed E-state index contributed by atoms with van der Waals surface area (Å²) in [7, 11) is 1.60. The number of hydrogen-bond donors (Lipinski definition) is 1. The number of Topliss-reactive ketones (excluding diaryl/α,β-unsaturated/α-hetero) is 1. The Bertz CT molecular complexity index is 349. The van der Waals surface area contributed by atoms with Crippen molar-refractivity contribution < 1.29 is 9.53 Å². The number of methoxy groups -OCH3 is 1. The molecule has 0 radical (unpaired) electrons. The van der Waals surface area contributed by atoms with E-state index in [1.165, 1.54) is 0 Å². The molecule has 4 nitrogen and oxygen atoms in total. The van der Waals surface area contributed by atoms with Crippen molar-refractivity contribution in [2.75, 3.05) is 18.4 Å². The van der Waals surface area contributed by atoms with Crippen LogP contribution in [0.5, 0.6) is 5.75 Å². The quantitative estimate of drug-likeness (QED) is 0.474. The summed E-state index contributed by atoms with van der Waals surface area (Å²) in [6.07, 6.45) is 1.15. The molecule has 0 aromatic heterocycles. The minimum atomic E-state index is -0.238. The molecule has 0 saturated carbocycles. The number of nitrogens with one attached hydrogen (secondary N) is 1. The fourth-order valence-electron chi connectivity index (χ4n) is 0.879. The van der Waals surface area contributed by atoms with Crippen LogP contribution in [0.2, 0.25) is 0 Å². The minimum Gasteiger partial charge on any atom is -0.497 e. The molecule has 0 heterocycles. The highest BCUT2D eigenvalue weighted by molar-refractivity contribution is 6.41. The van der Waals surface area contributed by atoms with E-state index in [9.17, 15) is 4.79 Å². The lowest BCUT2D eigenvalue weighted by atomic mass is 10.3. The maximum absolute atomic E-state index is 10.8. The Morgan fingerprint density at radius 3 is 2.73 bits per heavy atom. The van der Waals surface area contributed by atoms with Crippen molar-refractivity contribution >= 4 is 29.3 Å². The monoisotopic (exact) mass is 226 g/mol. The van der Waals surface area contributed by atoms with Crippen molar-refractivity contribution in [1.29, 1.82) is 0 Å². The van der Waals surface area contributed by atoms with Gasteiger partial charge in [0.2, 0.25) is 0 Å². The Kier molecular flexibility index (Phi) is 4.63. The maximum atomic E-state index is 10.8. The second kappa shape index (κ2) is 6.03. The van der Waals surface area contributed by atoms with Crippen LogP contribution in [-0.2, 0) is 4.79 Å². The molecule has 0 spiro atoms. The summed E-state index contributed by atoms with van der Waals surface area (Å²) in [5.74, 6) is 0.465. The first-order chi connectivity index (χ1) is 7.26. The molecule has 0 fully saturated rings. The first-order valence-corrected chi connectivity index (χ1v) is 4.81. The van der Waals surface area contributed by atoms with Gasteiger partial charge in [-0.05, 0) is 24.3 Å². The van der Waals surface area contributed by atoms with Crippen molar-refractivity contribution in [2.45, 2.75) is 0 Å². The molecule has 0 unspecified atom stereocenters. The summed E-state index contributed by atoms with van der Waals surface area (Å²) < 4.78 is 4.99. The highest BCUT2D eigenvalue weighted by Crippen LogP contribution is 2.14. The molecule has 0 saturated heterocycles. The molecule has 15 heavy (non-hydrogen) atoms. The molecule has 80 valence electrons. The SMILES string of the molecule is COc1ccc(NN=CC(=O)CCl)cc1. The van der Waals surface area contributed by atoms with Gasteiger partial charge in [-0.3, -0.25) is 10.2 Å². The molecule has 1 N–H and O–H groups in total. The van der Waals surface area contributed by atoms with Crippen LogP contribution in [-0.4, -0.2) is 25.0 Å². The molecule has 1 aromatic carbocycles. The van der Waals surface area contributed by atoms with Gasteiger partial charge in [0.15, 0.2) is 5.78 Å². The van der Waals surface area contributed by atoms with Crippen LogP contribution in [0.4, 0.5) is 5.69 Å². The second-order valence-corrected chi connectivity index (χ2v) is 2.97. The van der Waals surface area contributed by atoms with Crippen molar-refractivity contribution in [3.8, 4) is 5.75 Å². The number of hydrogen-bond acceptors (Lipinski definition) is 4.